The van der Waals surface area contributed by atoms with E-state index < -0.39 is 0 Å². The molecule has 0 atom stereocenters. The van der Waals surface area contributed by atoms with Crippen LogP contribution in [0.5, 0.6) is 0 Å². The molecule has 0 aliphatic rings. The second-order valence-corrected chi connectivity index (χ2v) is 2.86. The molecule has 0 bridgehead atoms. The lowest BCUT2D eigenvalue weighted by atomic mass is 10.3. The van der Waals surface area contributed by atoms with Crippen LogP contribution in [0.4, 0.5) is 0 Å². The molecular weight excluding hydrogens is 124 g/mol. The Morgan fingerprint density at radius 3 is 2.30 bits per heavy atom. The van der Waals surface area contributed by atoms with E-state index in [0.717, 1.165) is 6.54 Å². The first-order chi connectivity index (χ1) is 4.72. The first-order valence-corrected chi connectivity index (χ1v) is 4.16. The summed E-state index contributed by atoms with van der Waals surface area (Å²) < 4.78 is 0. The fourth-order valence-corrected chi connectivity index (χ4v) is 0.957. The third-order valence-corrected chi connectivity index (χ3v) is 1.66. The Bertz CT molecular complexity index is 71.7. The van der Waals surface area contributed by atoms with Crippen LogP contribution in [0, 0.1) is 0 Å². The molecule has 0 aromatic carbocycles. The van der Waals surface area contributed by atoms with Gasteiger partial charge in [-0.3, -0.25) is 5.43 Å². The van der Waals surface area contributed by atoms with Crippen LogP contribution in [0.3, 0.4) is 0 Å². The molecule has 0 aromatic rings. The van der Waals surface area contributed by atoms with Gasteiger partial charge in [-0.05, 0) is 27.3 Å². The number of unbranched alkanes of at least 4 members (excludes halogenated alkanes) is 1. The molecule has 0 saturated carbocycles. The minimum atomic E-state index is 0.608. The highest BCUT2D eigenvalue weighted by atomic mass is 15.5. The van der Waals surface area contributed by atoms with E-state index >= 15 is 0 Å². The third kappa shape index (κ3) is 3.85. The van der Waals surface area contributed by atoms with E-state index in [4.69, 9.17) is 0 Å². The molecule has 2 heteroatoms. The molecule has 0 unspecified atom stereocenters. The maximum Gasteiger partial charge on any atom is 0.0186 e. The lowest BCUT2D eigenvalue weighted by Crippen LogP contribution is -2.41. The van der Waals surface area contributed by atoms with Crippen molar-refractivity contribution in [2.45, 2.75) is 39.7 Å². The molecule has 0 aromatic heterocycles. The van der Waals surface area contributed by atoms with Crippen molar-refractivity contribution in [3.8, 4) is 0 Å². The van der Waals surface area contributed by atoms with E-state index in [1.807, 2.05) is 7.05 Å². The van der Waals surface area contributed by atoms with Crippen molar-refractivity contribution < 1.29 is 0 Å². The zero-order chi connectivity index (χ0) is 7.98. The van der Waals surface area contributed by atoms with Gasteiger partial charge in [-0.15, -0.1) is 0 Å². The minimum Gasteiger partial charge on any atom is -0.258 e. The van der Waals surface area contributed by atoms with Gasteiger partial charge < -0.3 is 0 Å². The standard InChI is InChI=1S/C8H20N2/c1-5-6-7-10(9-4)8(2)3/h8-9H,5-7H2,1-4H3. The van der Waals surface area contributed by atoms with Gasteiger partial charge in [-0.1, -0.05) is 13.3 Å². The summed E-state index contributed by atoms with van der Waals surface area (Å²) in [4.78, 5) is 0. The van der Waals surface area contributed by atoms with Crippen molar-refractivity contribution in [3.05, 3.63) is 0 Å². The Hall–Kier alpha value is -0.0800. The van der Waals surface area contributed by atoms with Gasteiger partial charge in [0.2, 0.25) is 0 Å². The molecule has 10 heavy (non-hydrogen) atoms. The Balaban J connectivity index is 3.40. The SMILES string of the molecule is CCCCN(NC)C(C)C. The molecule has 0 aliphatic carbocycles. The van der Waals surface area contributed by atoms with Crippen LogP contribution in [0.25, 0.3) is 0 Å². The van der Waals surface area contributed by atoms with E-state index in [0.29, 0.717) is 6.04 Å². The molecule has 0 fully saturated rings. The zero-order valence-corrected chi connectivity index (χ0v) is 7.65. The number of nitrogens with zero attached hydrogens (tertiary/aromatic N) is 1. The Morgan fingerprint density at radius 2 is 2.00 bits per heavy atom. The van der Waals surface area contributed by atoms with Crippen molar-refractivity contribution in [1.29, 1.82) is 0 Å². The van der Waals surface area contributed by atoms with Crippen molar-refractivity contribution in [2.75, 3.05) is 13.6 Å². The summed E-state index contributed by atoms with van der Waals surface area (Å²) in [5.74, 6) is 0. The highest BCUT2D eigenvalue weighted by Crippen LogP contribution is 1.96. The Morgan fingerprint density at radius 1 is 1.40 bits per heavy atom. The topological polar surface area (TPSA) is 15.3 Å². The van der Waals surface area contributed by atoms with E-state index in [1.54, 1.807) is 0 Å². The average molecular weight is 144 g/mol. The van der Waals surface area contributed by atoms with E-state index in [1.165, 1.54) is 12.8 Å². The summed E-state index contributed by atoms with van der Waals surface area (Å²) in [5, 5.41) is 2.25. The molecule has 62 valence electrons. The van der Waals surface area contributed by atoms with Gasteiger partial charge in [0.05, 0.1) is 0 Å². The monoisotopic (exact) mass is 144 g/mol. The summed E-state index contributed by atoms with van der Waals surface area (Å²) in [6, 6.07) is 0.608. The highest BCUT2D eigenvalue weighted by Gasteiger charge is 2.03. The molecular formula is C8H20N2. The second kappa shape index (κ2) is 5.69. The predicted molar refractivity (Wildman–Crippen MR) is 45.8 cm³/mol. The smallest absolute Gasteiger partial charge is 0.0186 e. The fourth-order valence-electron chi connectivity index (χ4n) is 0.957. The summed E-state index contributed by atoms with van der Waals surface area (Å²) in [7, 11) is 1.98. The number of hydrazine groups is 1. The van der Waals surface area contributed by atoms with E-state index in [2.05, 4.69) is 31.2 Å². The van der Waals surface area contributed by atoms with Crippen LogP contribution in [0.1, 0.15) is 33.6 Å². The summed E-state index contributed by atoms with van der Waals surface area (Å²) in [6.45, 7) is 7.77. The molecule has 0 saturated heterocycles. The van der Waals surface area contributed by atoms with Crippen molar-refractivity contribution >= 4 is 0 Å². The molecule has 0 spiro atoms. The van der Waals surface area contributed by atoms with Crippen LogP contribution in [-0.4, -0.2) is 24.6 Å². The zero-order valence-electron chi connectivity index (χ0n) is 7.65. The fraction of sp³-hybridized carbons (Fsp3) is 1.00. The second-order valence-electron chi connectivity index (χ2n) is 2.86. The Kier molecular flexibility index (Phi) is 5.64. The lowest BCUT2D eigenvalue weighted by molar-refractivity contribution is 0.158. The van der Waals surface area contributed by atoms with Gasteiger partial charge in [-0.25, -0.2) is 5.01 Å². The molecule has 0 radical (unpaired) electrons. The average Bonchev–Trinajstić information content (AvgIpc) is 1.89. The number of hydrogen-bond acceptors (Lipinski definition) is 2. The number of hydrogen-bond donors (Lipinski definition) is 1. The highest BCUT2D eigenvalue weighted by molar-refractivity contribution is 4.54. The molecule has 1 N–H and O–H groups in total. The minimum absolute atomic E-state index is 0.608. The molecule has 0 rings (SSSR count). The molecule has 2 nitrogen and oxygen atoms in total. The van der Waals surface area contributed by atoms with Gasteiger partial charge in [0.1, 0.15) is 0 Å². The lowest BCUT2D eigenvalue weighted by Gasteiger charge is -2.24. The number of nitrogens with one attached hydrogen (secondary N) is 1. The van der Waals surface area contributed by atoms with Crippen molar-refractivity contribution in [3.63, 3.8) is 0 Å². The van der Waals surface area contributed by atoms with E-state index in [9.17, 15) is 0 Å². The van der Waals surface area contributed by atoms with Gasteiger partial charge >= 0.3 is 0 Å². The molecule has 0 heterocycles. The quantitative estimate of drug-likeness (QED) is 0.590. The molecule has 0 amide bonds. The first-order valence-electron chi connectivity index (χ1n) is 4.16. The van der Waals surface area contributed by atoms with Crippen molar-refractivity contribution in [2.24, 2.45) is 0 Å². The number of rotatable bonds is 5. The maximum absolute atomic E-state index is 3.17. The van der Waals surface area contributed by atoms with Gasteiger partial charge in [0, 0.05) is 12.6 Å². The Labute approximate surface area is 64.6 Å². The van der Waals surface area contributed by atoms with Crippen LogP contribution < -0.4 is 5.43 Å². The van der Waals surface area contributed by atoms with Gasteiger partial charge in [0.15, 0.2) is 0 Å². The van der Waals surface area contributed by atoms with Crippen LogP contribution in [0.15, 0.2) is 0 Å². The summed E-state index contributed by atoms with van der Waals surface area (Å²) in [5.41, 5.74) is 3.17. The largest absolute Gasteiger partial charge is 0.258 e. The van der Waals surface area contributed by atoms with Crippen molar-refractivity contribution in [1.82, 2.24) is 10.4 Å². The van der Waals surface area contributed by atoms with Crippen LogP contribution in [-0.2, 0) is 0 Å². The van der Waals surface area contributed by atoms with Gasteiger partial charge in [0.25, 0.3) is 0 Å². The normalized spacial score (nSPS) is 11.4. The predicted octanol–water partition coefficient (Wildman–Crippen LogP) is 1.63. The van der Waals surface area contributed by atoms with Crippen LogP contribution in [0.2, 0.25) is 0 Å². The molecule has 0 aliphatic heterocycles. The summed E-state index contributed by atoms with van der Waals surface area (Å²) in [6.07, 6.45) is 2.55. The third-order valence-electron chi connectivity index (χ3n) is 1.66. The summed E-state index contributed by atoms with van der Waals surface area (Å²) >= 11 is 0. The van der Waals surface area contributed by atoms with E-state index in [-0.39, 0.29) is 0 Å². The van der Waals surface area contributed by atoms with Gasteiger partial charge in [-0.2, -0.15) is 0 Å². The maximum atomic E-state index is 3.17. The first kappa shape index (κ1) is 9.92. The van der Waals surface area contributed by atoms with Crippen LogP contribution >= 0.6 is 0 Å².